The highest BCUT2D eigenvalue weighted by molar-refractivity contribution is 6.30. The average molecular weight is 355 g/mol. The van der Waals surface area contributed by atoms with E-state index in [1.807, 2.05) is 38.1 Å². The van der Waals surface area contributed by atoms with Crippen molar-refractivity contribution in [1.82, 2.24) is 0 Å². The van der Waals surface area contributed by atoms with Gasteiger partial charge in [-0.3, -0.25) is 9.59 Å². The number of amides is 1. The molecule has 0 fully saturated rings. The van der Waals surface area contributed by atoms with E-state index < -0.39 is 5.92 Å². The number of carbonyl (C=O) groups excluding carboxylic acids is 2. The maximum absolute atomic E-state index is 12.3. The number of aryl methyl sites for hydroxylation is 2. The van der Waals surface area contributed by atoms with E-state index in [9.17, 15) is 14.9 Å². The number of nitriles is 1. The molecule has 1 amide bonds. The van der Waals surface area contributed by atoms with E-state index in [0.717, 1.165) is 11.1 Å². The molecular weight excluding hydrogens is 336 g/mol. The Bertz CT molecular complexity index is 823. The molecule has 1 atom stereocenters. The summed E-state index contributed by atoms with van der Waals surface area (Å²) in [6.07, 6.45) is 0.0507. The van der Waals surface area contributed by atoms with Gasteiger partial charge in [-0.05, 0) is 54.8 Å². The molecule has 0 aromatic heterocycles. The molecule has 2 aromatic carbocycles. The first-order valence-electron chi connectivity index (χ1n) is 7.95. The van der Waals surface area contributed by atoms with Crippen molar-refractivity contribution in [2.75, 3.05) is 5.32 Å². The third-order valence-corrected chi connectivity index (χ3v) is 4.30. The van der Waals surface area contributed by atoms with Crippen molar-refractivity contribution in [1.29, 1.82) is 5.26 Å². The summed E-state index contributed by atoms with van der Waals surface area (Å²) in [5, 5.41) is 12.6. The molecule has 0 unspecified atom stereocenters. The molecule has 2 aromatic rings. The van der Waals surface area contributed by atoms with Crippen LogP contribution in [-0.2, 0) is 9.59 Å². The van der Waals surface area contributed by atoms with Crippen molar-refractivity contribution < 1.29 is 9.59 Å². The fraction of sp³-hybridized carbons (Fsp3) is 0.250. The molecule has 0 aliphatic carbocycles. The number of Topliss-reactive ketones (excluding diaryl/α,β-unsaturated/α-hetero) is 1. The zero-order chi connectivity index (χ0) is 18.4. The topological polar surface area (TPSA) is 70.0 Å². The summed E-state index contributed by atoms with van der Waals surface area (Å²) in [4.78, 5) is 24.3. The number of benzene rings is 2. The smallest absolute Gasteiger partial charge is 0.224 e. The molecular formula is C20H19ClN2O2. The second kappa shape index (κ2) is 8.46. The van der Waals surface area contributed by atoms with Crippen LogP contribution in [0.1, 0.15) is 35.4 Å². The van der Waals surface area contributed by atoms with E-state index in [1.165, 1.54) is 0 Å². The number of halogens is 1. The lowest BCUT2D eigenvalue weighted by molar-refractivity contribution is -0.123. The van der Waals surface area contributed by atoms with Crippen LogP contribution >= 0.6 is 11.6 Å². The van der Waals surface area contributed by atoms with E-state index in [2.05, 4.69) is 5.32 Å². The third-order valence-electron chi connectivity index (χ3n) is 4.04. The van der Waals surface area contributed by atoms with Crippen LogP contribution in [-0.4, -0.2) is 11.7 Å². The van der Waals surface area contributed by atoms with Crippen LogP contribution in [0.25, 0.3) is 0 Å². The first kappa shape index (κ1) is 18.7. The summed E-state index contributed by atoms with van der Waals surface area (Å²) < 4.78 is 0. The van der Waals surface area contributed by atoms with Gasteiger partial charge in [0.25, 0.3) is 0 Å². The Kier molecular flexibility index (Phi) is 6.32. The molecule has 0 spiro atoms. The number of rotatable bonds is 6. The van der Waals surface area contributed by atoms with Gasteiger partial charge < -0.3 is 5.32 Å². The van der Waals surface area contributed by atoms with Crippen LogP contribution in [0.4, 0.5) is 5.69 Å². The first-order chi connectivity index (χ1) is 11.9. The number of anilines is 1. The first-order valence-corrected chi connectivity index (χ1v) is 8.33. The molecule has 0 radical (unpaired) electrons. The molecule has 25 heavy (non-hydrogen) atoms. The predicted molar refractivity (Wildman–Crippen MR) is 98.6 cm³/mol. The van der Waals surface area contributed by atoms with E-state index >= 15 is 0 Å². The largest absolute Gasteiger partial charge is 0.326 e. The normalized spacial score (nSPS) is 11.4. The number of nitrogens with zero attached hydrogens (tertiary/aromatic N) is 1. The van der Waals surface area contributed by atoms with Crippen LogP contribution in [0.3, 0.4) is 0 Å². The highest BCUT2D eigenvalue weighted by Crippen LogP contribution is 2.21. The number of hydrogen-bond donors (Lipinski definition) is 1. The molecule has 0 saturated carbocycles. The zero-order valence-corrected chi connectivity index (χ0v) is 14.9. The van der Waals surface area contributed by atoms with Crippen molar-refractivity contribution in [3.63, 3.8) is 0 Å². The molecule has 2 rings (SSSR count). The van der Waals surface area contributed by atoms with Crippen molar-refractivity contribution in [2.24, 2.45) is 0 Å². The quantitative estimate of drug-likeness (QED) is 0.827. The molecule has 1 N–H and O–H groups in total. The van der Waals surface area contributed by atoms with Crippen LogP contribution < -0.4 is 5.32 Å². The lowest BCUT2D eigenvalue weighted by atomic mass is 9.93. The Balaban J connectivity index is 1.93. The monoisotopic (exact) mass is 354 g/mol. The second-order valence-electron chi connectivity index (χ2n) is 5.93. The molecule has 0 aliphatic heterocycles. The Morgan fingerprint density at radius 3 is 2.36 bits per heavy atom. The van der Waals surface area contributed by atoms with Crippen LogP contribution in [0.15, 0.2) is 42.5 Å². The van der Waals surface area contributed by atoms with Gasteiger partial charge in [-0.1, -0.05) is 29.8 Å². The summed E-state index contributed by atoms with van der Waals surface area (Å²) in [5.74, 6) is -1.41. The third kappa shape index (κ3) is 5.17. The number of nitrogens with one attached hydrogen (secondary N) is 1. The van der Waals surface area contributed by atoms with Gasteiger partial charge in [0.1, 0.15) is 5.92 Å². The molecule has 4 nitrogen and oxygen atoms in total. The van der Waals surface area contributed by atoms with Crippen molar-refractivity contribution in [2.45, 2.75) is 32.6 Å². The lowest BCUT2D eigenvalue weighted by Gasteiger charge is -2.10. The average Bonchev–Trinajstić information content (AvgIpc) is 2.58. The van der Waals surface area contributed by atoms with Gasteiger partial charge in [0, 0.05) is 23.6 Å². The number of carbonyl (C=O) groups is 2. The standard InChI is InChI=1S/C20H19ClN2O2/c1-13-3-8-17(11-14(13)2)23-20(25)10-9-19(24)18(12-22)15-4-6-16(21)7-5-15/h3-8,11,18H,9-10H2,1-2H3,(H,23,25)/t18-/m1/s1. The van der Waals surface area contributed by atoms with Gasteiger partial charge >= 0.3 is 0 Å². The Hall–Kier alpha value is -2.64. The van der Waals surface area contributed by atoms with Crippen LogP contribution in [0, 0.1) is 25.2 Å². The maximum atomic E-state index is 12.3. The highest BCUT2D eigenvalue weighted by Gasteiger charge is 2.20. The minimum atomic E-state index is -0.883. The van der Waals surface area contributed by atoms with Gasteiger partial charge in [-0.2, -0.15) is 5.26 Å². The highest BCUT2D eigenvalue weighted by atomic mass is 35.5. The van der Waals surface area contributed by atoms with E-state index in [-0.39, 0.29) is 24.5 Å². The number of hydrogen-bond acceptors (Lipinski definition) is 3. The van der Waals surface area contributed by atoms with Gasteiger partial charge in [0.05, 0.1) is 6.07 Å². The van der Waals surface area contributed by atoms with Crippen molar-refractivity contribution >= 4 is 29.0 Å². The minimum Gasteiger partial charge on any atom is -0.326 e. The Labute approximate surface area is 152 Å². The number of ketones is 1. The summed E-state index contributed by atoms with van der Waals surface area (Å²) in [5.41, 5.74) is 3.52. The zero-order valence-electron chi connectivity index (χ0n) is 14.2. The minimum absolute atomic E-state index is 0.0114. The van der Waals surface area contributed by atoms with Gasteiger partial charge in [-0.25, -0.2) is 0 Å². The summed E-state index contributed by atoms with van der Waals surface area (Å²) in [6.45, 7) is 3.97. The summed E-state index contributed by atoms with van der Waals surface area (Å²) >= 11 is 5.82. The fourth-order valence-corrected chi connectivity index (χ4v) is 2.54. The summed E-state index contributed by atoms with van der Waals surface area (Å²) in [6, 6.07) is 14.2. The second-order valence-corrected chi connectivity index (χ2v) is 6.36. The van der Waals surface area contributed by atoms with E-state index in [1.54, 1.807) is 24.3 Å². The van der Waals surface area contributed by atoms with Crippen LogP contribution in [0.5, 0.6) is 0 Å². The van der Waals surface area contributed by atoms with Gasteiger partial charge in [0.15, 0.2) is 5.78 Å². The van der Waals surface area contributed by atoms with Crippen LogP contribution in [0.2, 0.25) is 5.02 Å². The lowest BCUT2D eigenvalue weighted by Crippen LogP contribution is -2.16. The van der Waals surface area contributed by atoms with Gasteiger partial charge in [0.2, 0.25) is 5.91 Å². The molecule has 5 heteroatoms. The van der Waals surface area contributed by atoms with Crippen molar-refractivity contribution in [3.05, 3.63) is 64.2 Å². The maximum Gasteiger partial charge on any atom is 0.224 e. The van der Waals surface area contributed by atoms with E-state index in [4.69, 9.17) is 11.6 Å². The summed E-state index contributed by atoms with van der Waals surface area (Å²) in [7, 11) is 0. The van der Waals surface area contributed by atoms with E-state index in [0.29, 0.717) is 16.3 Å². The predicted octanol–water partition coefficient (Wildman–Crippen LogP) is 4.55. The SMILES string of the molecule is Cc1ccc(NC(=O)CCC(=O)[C@H](C#N)c2ccc(Cl)cc2)cc1C. The molecule has 0 bridgehead atoms. The Morgan fingerprint density at radius 2 is 1.76 bits per heavy atom. The van der Waals surface area contributed by atoms with Crippen molar-refractivity contribution in [3.8, 4) is 6.07 Å². The molecule has 0 saturated heterocycles. The molecule has 0 heterocycles. The fourth-order valence-electron chi connectivity index (χ4n) is 2.41. The van der Waals surface area contributed by atoms with Gasteiger partial charge in [-0.15, -0.1) is 0 Å². The molecule has 0 aliphatic rings. The molecule has 128 valence electrons. The Morgan fingerprint density at radius 1 is 1.08 bits per heavy atom.